The van der Waals surface area contributed by atoms with Crippen LogP contribution in [0.2, 0.25) is 0 Å². The highest BCUT2D eigenvalue weighted by Crippen LogP contribution is 2.44. The van der Waals surface area contributed by atoms with Crippen LogP contribution in [-0.4, -0.2) is 13.1 Å². The molecule has 1 unspecified atom stereocenters. The summed E-state index contributed by atoms with van der Waals surface area (Å²) in [6.45, 7) is 6.67. The van der Waals surface area contributed by atoms with Crippen LogP contribution in [0.4, 0.5) is 0 Å². The van der Waals surface area contributed by atoms with E-state index in [0.29, 0.717) is 0 Å². The molecule has 1 atom stereocenters. The van der Waals surface area contributed by atoms with E-state index in [1.807, 2.05) is 18.2 Å². The lowest BCUT2D eigenvalue weighted by Crippen LogP contribution is -2.38. The summed E-state index contributed by atoms with van der Waals surface area (Å²) in [6.07, 6.45) is 6.35. The first-order valence-electron chi connectivity index (χ1n) is 9.78. The van der Waals surface area contributed by atoms with E-state index in [1.165, 1.54) is 54.2 Å². The molecule has 2 aromatic carbocycles. The zero-order valence-corrected chi connectivity index (χ0v) is 16.5. The Morgan fingerprint density at radius 2 is 1.77 bits per heavy atom. The van der Waals surface area contributed by atoms with Crippen molar-refractivity contribution in [2.24, 2.45) is 0 Å². The fourth-order valence-corrected chi connectivity index (χ4v) is 4.51. The van der Waals surface area contributed by atoms with Crippen molar-refractivity contribution in [2.45, 2.75) is 64.7 Å². The van der Waals surface area contributed by atoms with E-state index in [-0.39, 0.29) is 5.97 Å². The molecule has 0 saturated carbocycles. The fraction of sp³-hybridized carbons (Fsp3) is 0.458. The summed E-state index contributed by atoms with van der Waals surface area (Å²) in [6, 6.07) is 12.5. The molecule has 26 heavy (non-hydrogen) atoms. The van der Waals surface area contributed by atoms with Gasteiger partial charge in [-0.25, -0.2) is 0 Å². The van der Waals surface area contributed by atoms with Crippen molar-refractivity contribution in [2.75, 3.05) is 7.11 Å². The van der Waals surface area contributed by atoms with Crippen molar-refractivity contribution in [1.82, 2.24) is 0 Å². The number of unbranched alkanes of at least 4 members (excludes halogenated alkanes) is 2. The fourth-order valence-electron chi connectivity index (χ4n) is 4.51. The van der Waals surface area contributed by atoms with Gasteiger partial charge in [0.1, 0.15) is 5.41 Å². The second-order valence-electron chi connectivity index (χ2n) is 7.69. The van der Waals surface area contributed by atoms with Gasteiger partial charge >= 0.3 is 5.97 Å². The maximum absolute atomic E-state index is 12.9. The van der Waals surface area contributed by atoms with Crippen molar-refractivity contribution in [3.63, 3.8) is 0 Å². The largest absolute Gasteiger partial charge is 0.468 e. The molecular weight excluding hydrogens is 320 g/mol. The maximum Gasteiger partial charge on any atom is 0.316 e. The first-order chi connectivity index (χ1) is 12.5. The topological polar surface area (TPSA) is 26.3 Å². The van der Waals surface area contributed by atoms with E-state index in [1.54, 1.807) is 0 Å². The predicted molar refractivity (Wildman–Crippen MR) is 107 cm³/mol. The number of fused-ring (bicyclic) bond motifs is 1. The van der Waals surface area contributed by atoms with E-state index in [4.69, 9.17) is 4.74 Å². The number of carbonyl (C=O) groups is 1. The third-order valence-electron chi connectivity index (χ3n) is 6.07. The highest BCUT2D eigenvalue weighted by atomic mass is 16.5. The maximum atomic E-state index is 12.9. The molecule has 1 aliphatic rings. The number of ether oxygens (including phenoxy) is 1. The van der Waals surface area contributed by atoms with Crippen LogP contribution < -0.4 is 0 Å². The zero-order valence-electron chi connectivity index (χ0n) is 16.5. The zero-order chi connectivity index (χ0) is 18.7. The second-order valence-corrected chi connectivity index (χ2v) is 7.69. The number of methoxy groups -OCH3 is 1. The molecule has 0 N–H and O–H groups in total. The van der Waals surface area contributed by atoms with Gasteiger partial charge in [-0.2, -0.15) is 0 Å². The van der Waals surface area contributed by atoms with Crippen molar-refractivity contribution in [1.29, 1.82) is 0 Å². The van der Waals surface area contributed by atoms with Gasteiger partial charge in [-0.3, -0.25) is 4.79 Å². The molecule has 0 aliphatic heterocycles. The average Bonchev–Trinajstić information content (AvgIpc) is 3.09. The van der Waals surface area contributed by atoms with Crippen LogP contribution in [0.25, 0.3) is 0 Å². The molecule has 1 aliphatic carbocycles. The molecule has 0 aromatic heterocycles. The Hall–Kier alpha value is -2.09. The normalized spacial score (nSPS) is 18.6. The Balaban J connectivity index is 2.04. The quantitative estimate of drug-likeness (QED) is 0.526. The van der Waals surface area contributed by atoms with Gasteiger partial charge in [-0.1, -0.05) is 56.2 Å². The van der Waals surface area contributed by atoms with Gasteiger partial charge in [0, 0.05) is 0 Å². The average molecular weight is 351 g/mol. The molecule has 0 heterocycles. The lowest BCUT2D eigenvalue weighted by Gasteiger charge is -2.26. The Labute approximate surface area is 157 Å². The highest BCUT2D eigenvalue weighted by molar-refractivity contribution is 5.86. The van der Waals surface area contributed by atoms with E-state index < -0.39 is 5.41 Å². The van der Waals surface area contributed by atoms with Crippen LogP contribution >= 0.6 is 0 Å². The standard InChI is InChI=1S/C24H30O2/c1-5-6-8-11-19-14-17(2)21-15-24(23(25)26-4,16-22(21)18(19)3)20-12-9-7-10-13-20/h7,9-10,12-14H,5-6,8,11,15-16H2,1-4H3. The van der Waals surface area contributed by atoms with Gasteiger partial charge in [-0.05, 0) is 72.9 Å². The number of esters is 1. The van der Waals surface area contributed by atoms with Crippen molar-refractivity contribution < 1.29 is 9.53 Å². The number of hydrogen-bond acceptors (Lipinski definition) is 2. The van der Waals surface area contributed by atoms with Crippen molar-refractivity contribution >= 4 is 5.97 Å². The van der Waals surface area contributed by atoms with Gasteiger partial charge in [0.2, 0.25) is 0 Å². The van der Waals surface area contributed by atoms with Gasteiger partial charge in [-0.15, -0.1) is 0 Å². The molecule has 3 rings (SSSR count). The summed E-state index contributed by atoms with van der Waals surface area (Å²) in [4.78, 5) is 12.9. The summed E-state index contributed by atoms with van der Waals surface area (Å²) < 4.78 is 5.27. The minimum Gasteiger partial charge on any atom is -0.468 e. The molecule has 0 bridgehead atoms. The van der Waals surface area contributed by atoms with E-state index >= 15 is 0 Å². The van der Waals surface area contributed by atoms with Crippen LogP contribution in [0.3, 0.4) is 0 Å². The summed E-state index contributed by atoms with van der Waals surface area (Å²) in [5, 5.41) is 0. The minimum atomic E-state index is -0.587. The van der Waals surface area contributed by atoms with Crippen molar-refractivity contribution in [3.05, 3.63) is 69.8 Å². The van der Waals surface area contributed by atoms with E-state index in [2.05, 4.69) is 39.0 Å². The molecule has 2 heteroatoms. The van der Waals surface area contributed by atoms with Crippen LogP contribution in [0.1, 0.15) is 59.6 Å². The number of aryl methyl sites for hydroxylation is 2. The van der Waals surface area contributed by atoms with Crippen LogP contribution in [0.15, 0.2) is 36.4 Å². The summed E-state index contributed by atoms with van der Waals surface area (Å²) in [5.74, 6) is -0.119. The predicted octanol–water partition coefficient (Wildman–Crippen LogP) is 5.25. The van der Waals surface area contributed by atoms with Gasteiger partial charge in [0.15, 0.2) is 0 Å². The Bertz CT molecular complexity index is 792. The number of benzene rings is 2. The molecule has 0 fully saturated rings. The molecular formula is C24H30O2. The molecule has 0 amide bonds. The molecule has 0 saturated heterocycles. The third-order valence-corrected chi connectivity index (χ3v) is 6.07. The Morgan fingerprint density at radius 3 is 2.42 bits per heavy atom. The first-order valence-corrected chi connectivity index (χ1v) is 9.78. The summed E-state index contributed by atoms with van der Waals surface area (Å²) in [5.41, 5.74) is 7.33. The molecule has 2 aromatic rings. The summed E-state index contributed by atoms with van der Waals surface area (Å²) >= 11 is 0. The minimum absolute atomic E-state index is 0.119. The number of carbonyl (C=O) groups excluding carboxylic acids is 1. The van der Waals surface area contributed by atoms with Crippen molar-refractivity contribution in [3.8, 4) is 0 Å². The van der Waals surface area contributed by atoms with E-state index in [0.717, 1.165) is 24.8 Å². The number of rotatable bonds is 6. The third kappa shape index (κ3) is 3.18. The molecule has 138 valence electrons. The Kier molecular flexibility index (Phi) is 5.50. The monoisotopic (exact) mass is 350 g/mol. The van der Waals surface area contributed by atoms with Gasteiger partial charge in [0.05, 0.1) is 7.11 Å². The highest BCUT2D eigenvalue weighted by Gasteiger charge is 2.47. The first kappa shape index (κ1) is 18.7. The van der Waals surface area contributed by atoms with Crippen LogP contribution in [0.5, 0.6) is 0 Å². The van der Waals surface area contributed by atoms with Crippen LogP contribution in [-0.2, 0) is 34.2 Å². The second kappa shape index (κ2) is 7.65. The SMILES string of the molecule is CCCCCc1cc(C)c2c(c1C)CC(C(=O)OC)(c1ccccc1)C2. The van der Waals surface area contributed by atoms with E-state index in [9.17, 15) is 4.79 Å². The lowest BCUT2D eigenvalue weighted by atomic mass is 9.77. The molecule has 0 spiro atoms. The van der Waals surface area contributed by atoms with Gasteiger partial charge < -0.3 is 4.74 Å². The molecule has 0 radical (unpaired) electrons. The Morgan fingerprint density at radius 1 is 1.08 bits per heavy atom. The lowest BCUT2D eigenvalue weighted by molar-refractivity contribution is -0.147. The van der Waals surface area contributed by atoms with Gasteiger partial charge in [0.25, 0.3) is 0 Å². The number of hydrogen-bond donors (Lipinski definition) is 0. The smallest absolute Gasteiger partial charge is 0.316 e. The van der Waals surface area contributed by atoms with Crippen LogP contribution in [0, 0.1) is 13.8 Å². The molecule has 2 nitrogen and oxygen atoms in total. The summed E-state index contributed by atoms with van der Waals surface area (Å²) in [7, 11) is 1.51.